The second kappa shape index (κ2) is 4.84. The fourth-order valence-corrected chi connectivity index (χ4v) is 1.98. The molecule has 17 heavy (non-hydrogen) atoms. The summed E-state index contributed by atoms with van der Waals surface area (Å²) >= 11 is 6.10. The van der Waals surface area contributed by atoms with Crippen LogP contribution in [0.5, 0.6) is 0 Å². The van der Waals surface area contributed by atoms with E-state index < -0.39 is 0 Å². The number of hydrogen-bond donors (Lipinski definition) is 0. The number of nitrogens with zero attached hydrogens (tertiary/aromatic N) is 2. The summed E-state index contributed by atoms with van der Waals surface area (Å²) < 4.78 is 0. The Kier molecular flexibility index (Phi) is 3.43. The fraction of sp³-hybridized carbons (Fsp3) is 0.286. The Labute approximate surface area is 107 Å². The van der Waals surface area contributed by atoms with Gasteiger partial charge in [0.1, 0.15) is 0 Å². The molecule has 2 aromatic rings. The van der Waals surface area contributed by atoms with Crippen LogP contribution in [0.4, 0.5) is 0 Å². The third-order valence-electron chi connectivity index (χ3n) is 2.76. The number of aromatic nitrogens is 2. The van der Waals surface area contributed by atoms with Crippen LogP contribution < -0.4 is 0 Å². The van der Waals surface area contributed by atoms with E-state index in [-0.39, 0.29) is 0 Å². The first-order valence-corrected chi connectivity index (χ1v) is 5.99. The topological polar surface area (TPSA) is 25.8 Å². The Morgan fingerprint density at radius 1 is 1.06 bits per heavy atom. The van der Waals surface area contributed by atoms with Crippen LogP contribution in [-0.4, -0.2) is 9.97 Å². The van der Waals surface area contributed by atoms with Crippen LogP contribution in [-0.2, 0) is 6.42 Å². The van der Waals surface area contributed by atoms with Crippen LogP contribution >= 0.6 is 11.6 Å². The molecule has 0 aliphatic rings. The van der Waals surface area contributed by atoms with Gasteiger partial charge in [0.25, 0.3) is 0 Å². The number of hydrogen-bond acceptors (Lipinski definition) is 2. The average molecular weight is 247 g/mol. The van der Waals surface area contributed by atoms with E-state index in [1.807, 2.05) is 45.0 Å². The van der Waals surface area contributed by atoms with Crippen LogP contribution in [0.25, 0.3) is 0 Å². The quantitative estimate of drug-likeness (QED) is 0.809. The molecule has 0 saturated heterocycles. The van der Waals surface area contributed by atoms with Gasteiger partial charge in [0, 0.05) is 23.5 Å². The molecular weight excluding hydrogens is 232 g/mol. The van der Waals surface area contributed by atoms with Crippen molar-refractivity contribution >= 4 is 11.6 Å². The van der Waals surface area contributed by atoms with Gasteiger partial charge in [-0.05, 0) is 44.5 Å². The monoisotopic (exact) mass is 246 g/mol. The van der Waals surface area contributed by atoms with Gasteiger partial charge in [-0.2, -0.15) is 0 Å². The highest BCUT2D eigenvalue weighted by atomic mass is 35.5. The van der Waals surface area contributed by atoms with Crippen molar-refractivity contribution in [2.24, 2.45) is 0 Å². The molecule has 0 aliphatic carbocycles. The molecule has 0 radical (unpaired) electrons. The molecule has 2 nitrogen and oxygen atoms in total. The van der Waals surface area contributed by atoms with Gasteiger partial charge in [-0.15, -0.1) is 0 Å². The van der Waals surface area contributed by atoms with E-state index in [0.29, 0.717) is 0 Å². The first kappa shape index (κ1) is 12.1. The first-order chi connectivity index (χ1) is 8.06. The normalized spacial score (nSPS) is 10.6. The average Bonchev–Trinajstić information content (AvgIpc) is 2.26. The van der Waals surface area contributed by atoms with Gasteiger partial charge < -0.3 is 0 Å². The highest BCUT2D eigenvalue weighted by molar-refractivity contribution is 6.31. The van der Waals surface area contributed by atoms with E-state index >= 15 is 0 Å². The minimum absolute atomic E-state index is 0.721. The number of rotatable bonds is 2. The van der Waals surface area contributed by atoms with Crippen molar-refractivity contribution in [3.63, 3.8) is 0 Å². The van der Waals surface area contributed by atoms with Gasteiger partial charge in [-0.25, -0.2) is 0 Å². The van der Waals surface area contributed by atoms with E-state index in [4.69, 9.17) is 11.6 Å². The van der Waals surface area contributed by atoms with Gasteiger partial charge in [-0.3, -0.25) is 9.97 Å². The Bertz CT molecular complexity index is 550. The predicted molar refractivity (Wildman–Crippen MR) is 70.5 cm³/mol. The maximum absolute atomic E-state index is 6.10. The maximum atomic E-state index is 6.10. The molecule has 2 heterocycles. The highest BCUT2D eigenvalue weighted by Crippen LogP contribution is 2.19. The predicted octanol–water partition coefficient (Wildman–Crippen LogP) is 3.65. The van der Waals surface area contributed by atoms with E-state index in [0.717, 1.165) is 39.8 Å². The molecule has 0 saturated carbocycles. The Hall–Kier alpha value is -1.41. The first-order valence-electron chi connectivity index (χ1n) is 5.61. The molecule has 0 spiro atoms. The maximum Gasteiger partial charge on any atom is 0.0621 e. The van der Waals surface area contributed by atoms with Crippen molar-refractivity contribution < 1.29 is 0 Å². The lowest BCUT2D eigenvalue weighted by Crippen LogP contribution is -1.99. The van der Waals surface area contributed by atoms with E-state index in [2.05, 4.69) is 9.97 Å². The summed E-state index contributed by atoms with van der Waals surface area (Å²) in [6.07, 6.45) is 0.778. The van der Waals surface area contributed by atoms with Gasteiger partial charge in [0.15, 0.2) is 0 Å². The van der Waals surface area contributed by atoms with Crippen molar-refractivity contribution in [2.75, 3.05) is 0 Å². The molecule has 0 aromatic carbocycles. The van der Waals surface area contributed by atoms with Crippen molar-refractivity contribution in [1.29, 1.82) is 0 Å². The van der Waals surface area contributed by atoms with Gasteiger partial charge in [0.2, 0.25) is 0 Å². The van der Waals surface area contributed by atoms with Crippen LogP contribution in [0.2, 0.25) is 5.02 Å². The summed E-state index contributed by atoms with van der Waals surface area (Å²) in [6, 6.07) is 8.04. The van der Waals surface area contributed by atoms with Crippen LogP contribution in [0.3, 0.4) is 0 Å². The van der Waals surface area contributed by atoms with Gasteiger partial charge in [-0.1, -0.05) is 17.7 Å². The molecular formula is C14H15ClN2. The number of halogens is 1. The number of pyridine rings is 2. The van der Waals surface area contributed by atoms with Gasteiger partial charge in [0.05, 0.1) is 10.7 Å². The zero-order chi connectivity index (χ0) is 12.4. The van der Waals surface area contributed by atoms with Crippen molar-refractivity contribution in [3.8, 4) is 0 Å². The smallest absolute Gasteiger partial charge is 0.0621 e. The summed E-state index contributed by atoms with van der Waals surface area (Å²) in [6.45, 7) is 5.93. The molecule has 0 atom stereocenters. The largest absolute Gasteiger partial charge is 0.258 e. The third-order valence-corrected chi connectivity index (χ3v) is 3.15. The minimum atomic E-state index is 0.721. The molecule has 0 fully saturated rings. The lowest BCUT2D eigenvalue weighted by atomic mass is 10.1. The summed E-state index contributed by atoms with van der Waals surface area (Å²) in [5, 5.41) is 0.721. The molecule has 0 bridgehead atoms. The summed E-state index contributed by atoms with van der Waals surface area (Å²) in [4.78, 5) is 8.92. The molecule has 0 N–H and O–H groups in total. The SMILES string of the molecule is Cc1cccc(Cc2cc(Cl)c(C)nc2C)n1. The summed E-state index contributed by atoms with van der Waals surface area (Å²) in [7, 11) is 0. The fourth-order valence-electron chi connectivity index (χ4n) is 1.81. The Morgan fingerprint density at radius 2 is 1.82 bits per heavy atom. The number of aryl methyl sites for hydroxylation is 3. The second-order valence-electron chi connectivity index (χ2n) is 4.25. The molecule has 2 rings (SSSR count). The van der Waals surface area contributed by atoms with Crippen LogP contribution in [0.15, 0.2) is 24.3 Å². The van der Waals surface area contributed by atoms with Crippen LogP contribution in [0.1, 0.15) is 28.3 Å². The molecule has 88 valence electrons. The molecule has 0 aliphatic heterocycles. The minimum Gasteiger partial charge on any atom is -0.258 e. The zero-order valence-electron chi connectivity index (χ0n) is 10.3. The lowest BCUT2D eigenvalue weighted by molar-refractivity contribution is 0.991. The highest BCUT2D eigenvalue weighted by Gasteiger charge is 2.06. The van der Waals surface area contributed by atoms with Crippen molar-refractivity contribution in [2.45, 2.75) is 27.2 Å². The standard InChI is InChI=1S/C14H15ClN2/c1-9-5-4-6-13(16-9)7-12-8-14(15)11(3)17-10(12)2/h4-6,8H,7H2,1-3H3. The summed E-state index contributed by atoms with van der Waals surface area (Å²) in [5.74, 6) is 0. The van der Waals surface area contributed by atoms with E-state index in [1.54, 1.807) is 0 Å². The summed E-state index contributed by atoms with van der Waals surface area (Å²) in [5.41, 5.74) is 5.13. The third kappa shape index (κ3) is 2.83. The molecule has 0 amide bonds. The molecule has 0 unspecified atom stereocenters. The van der Waals surface area contributed by atoms with E-state index in [9.17, 15) is 0 Å². The van der Waals surface area contributed by atoms with Crippen molar-refractivity contribution in [1.82, 2.24) is 9.97 Å². The van der Waals surface area contributed by atoms with E-state index in [1.165, 1.54) is 0 Å². The van der Waals surface area contributed by atoms with Crippen LogP contribution in [0, 0.1) is 20.8 Å². The Morgan fingerprint density at radius 3 is 2.53 bits per heavy atom. The molecule has 2 aromatic heterocycles. The zero-order valence-corrected chi connectivity index (χ0v) is 11.0. The van der Waals surface area contributed by atoms with Gasteiger partial charge >= 0.3 is 0 Å². The second-order valence-corrected chi connectivity index (χ2v) is 4.65. The van der Waals surface area contributed by atoms with Crippen molar-refractivity contribution in [3.05, 3.63) is 57.6 Å². The lowest BCUT2D eigenvalue weighted by Gasteiger charge is -2.08. The Balaban J connectivity index is 2.33. The molecule has 3 heteroatoms.